The van der Waals surface area contributed by atoms with Gasteiger partial charge in [-0.05, 0) is 44.4 Å². The Bertz CT molecular complexity index is 592. The van der Waals surface area contributed by atoms with Crippen molar-refractivity contribution in [3.05, 3.63) is 24.3 Å². The van der Waals surface area contributed by atoms with Crippen molar-refractivity contribution in [2.24, 2.45) is 5.92 Å². The molecule has 3 fully saturated rings. The van der Waals surface area contributed by atoms with Crippen LogP contribution in [0, 0.1) is 5.92 Å². The molecule has 4 rings (SSSR count). The minimum Gasteiger partial charge on any atom is -0.378 e. The van der Waals surface area contributed by atoms with Crippen LogP contribution in [0.2, 0.25) is 0 Å². The lowest BCUT2D eigenvalue weighted by molar-refractivity contribution is -0.0977. The molecular weight excluding hydrogens is 306 g/mol. The maximum Gasteiger partial charge on any atom is 0.274 e. The highest BCUT2D eigenvalue weighted by Gasteiger charge is 2.53. The van der Waals surface area contributed by atoms with Crippen molar-refractivity contribution < 1.29 is 14.3 Å². The van der Waals surface area contributed by atoms with E-state index in [0.717, 1.165) is 38.2 Å². The molecule has 1 aliphatic heterocycles. The topological polar surface area (TPSA) is 64.6 Å². The second-order valence-electron chi connectivity index (χ2n) is 7.30. The second kappa shape index (κ2) is 6.41. The lowest BCUT2D eigenvalue weighted by Gasteiger charge is -2.43. The Morgan fingerprint density at radius 2 is 2.21 bits per heavy atom. The van der Waals surface area contributed by atoms with Crippen LogP contribution in [-0.4, -0.2) is 58.8 Å². The van der Waals surface area contributed by atoms with Crippen LogP contribution in [0.3, 0.4) is 0 Å². The number of nitrogens with zero attached hydrogens (tertiary/aromatic N) is 3. The van der Waals surface area contributed by atoms with Gasteiger partial charge in [0.25, 0.3) is 5.91 Å². The number of amides is 1. The smallest absolute Gasteiger partial charge is 0.274 e. The molecule has 0 N–H and O–H groups in total. The lowest BCUT2D eigenvalue weighted by atomic mass is 9.79. The van der Waals surface area contributed by atoms with E-state index >= 15 is 0 Å². The van der Waals surface area contributed by atoms with E-state index in [2.05, 4.69) is 9.97 Å². The van der Waals surface area contributed by atoms with Gasteiger partial charge in [0, 0.05) is 32.7 Å². The van der Waals surface area contributed by atoms with Gasteiger partial charge >= 0.3 is 0 Å². The molecule has 130 valence electrons. The first kappa shape index (κ1) is 16.0. The van der Waals surface area contributed by atoms with Gasteiger partial charge in [-0.2, -0.15) is 0 Å². The van der Waals surface area contributed by atoms with Crippen molar-refractivity contribution in [3.8, 4) is 0 Å². The van der Waals surface area contributed by atoms with Crippen LogP contribution in [0.4, 0.5) is 0 Å². The standard InChI is InChI=1S/C18H25N3O3/c1-23-18-5-4-14(24-12-13-2-3-13)10-16(18)21(9-6-18)17(22)15-11-19-7-8-20-15/h7-8,11,13-14,16H,2-6,9-10,12H2,1H3/t14-,16+,18-/m1/s1. The number of aromatic nitrogens is 2. The van der Waals surface area contributed by atoms with E-state index in [1.54, 1.807) is 25.7 Å². The molecule has 2 heterocycles. The second-order valence-corrected chi connectivity index (χ2v) is 7.30. The number of fused-ring (bicyclic) bond motifs is 1. The van der Waals surface area contributed by atoms with Crippen LogP contribution in [-0.2, 0) is 9.47 Å². The SMILES string of the molecule is CO[C@@]12CC[C@@H](OCC3CC3)C[C@@H]1N(C(=O)c1cnccn1)CC2. The molecule has 0 spiro atoms. The average Bonchev–Trinajstić information content (AvgIpc) is 3.39. The van der Waals surface area contributed by atoms with Crippen LogP contribution in [0.25, 0.3) is 0 Å². The summed E-state index contributed by atoms with van der Waals surface area (Å²) in [4.78, 5) is 23.0. The van der Waals surface area contributed by atoms with Gasteiger partial charge in [-0.1, -0.05) is 0 Å². The van der Waals surface area contributed by atoms with Gasteiger partial charge in [0.05, 0.1) is 23.9 Å². The Kier molecular flexibility index (Phi) is 4.26. The summed E-state index contributed by atoms with van der Waals surface area (Å²) in [6.07, 6.45) is 11.2. The van der Waals surface area contributed by atoms with Crippen molar-refractivity contribution >= 4 is 5.91 Å². The lowest BCUT2D eigenvalue weighted by Crippen LogP contribution is -2.53. The van der Waals surface area contributed by atoms with Gasteiger partial charge in [-0.15, -0.1) is 0 Å². The number of ether oxygens (including phenoxy) is 2. The van der Waals surface area contributed by atoms with E-state index < -0.39 is 0 Å². The minimum absolute atomic E-state index is 0.0464. The third kappa shape index (κ3) is 2.93. The number of rotatable bonds is 5. The summed E-state index contributed by atoms with van der Waals surface area (Å²) in [7, 11) is 1.77. The molecule has 3 aliphatic rings. The Balaban J connectivity index is 1.49. The first-order valence-electron chi connectivity index (χ1n) is 8.95. The van der Waals surface area contributed by atoms with Gasteiger partial charge in [0.1, 0.15) is 5.69 Å². The molecule has 6 heteroatoms. The summed E-state index contributed by atoms with van der Waals surface area (Å²) < 4.78 is 12.0. The van der Waals surface area contributed by atoms with Crippen LogP contribution in [0.5, 0.6) is 0 Å². The molecule has 2 aliphatic carbocycles. The highest BCUT2D eigenvalue weighted by Crippen LogP contribution is 2.44. The summed E-state index contributed by atoms with van der Waals surface area (Å²) in [6, 6.07) is 0.0648. The van der Waals surface area contributed by atoms with Crippen LogP contribution >= 0.6 is 0 Å². The predicted octanol–water partition coefficient (Wildman–Crippen LogP) is 2.06. The molecular formula is C18H25N3O3. The maximum atomic E-state index is 12.9. The first-order valence-corrected chi connectivity index (χ1v) is 8.95. The zero-order chi connectivity index (χ0) is 16.6. The maximum absolute atomic E-state index is 12.9. The molecule has 0 aromatic carbocycles. The van der Waals surface area contributed by atoms with Crippen molar-refractivity contribution in [2.75, 3.05) is 20.3 Å². The normalized spacial score (nSPS) is 32.6. The molecule has 1 saturated heterocycles. The Morgan fingerprint density at radius 3 is 2.92 bits per heavy atom. The fraction of sp³-hybridized carbons (Fsp3) is 0.722. The van der Waals surface area contributed by atoms with Crippen LogP contribution in [0.15, 0.2) is 18.6 Å². The molecule has 1 aromatic heterocycles. The Morgan fingerprint density at radius 1 is 1.33 bits per heavy atom. The van der Waals surface area contributed by atoms with Gasteiger partial charge < -0.3 is 14.4 Å². The van der Waals surface area contributed by atoms with Gasteiger partial charge in [-0.25, -0.2) is 4.98 Å². The molecule has 6 nitrogen and oxygen atoms in total. The third-order valence-corrected chi connectivity index (χ3v) is 5.85. The largest absolute Gasteiger partial charge is 0.378 e. The van der Waals surface area contributed by atoms with E-state index in [0.29, 0.717) is 12.2 Å². The zero-order valence-electron chi connectivity index (χ0n) is 14.2. The average molecular weight is 331 g/mol. The third-order valence-electron chi connectivity index (χ3n) is 5.85. The minimum atomic E-state index is -0.225. The highest BCUT2D eigenvalue weighted by molar-refractivity contribution is 5.92. The summed E-state index contributed by atoms with van der Waals surface area (Å²) in [5.74, 6) is 0.717. The molecule has 2 saturated carbocycles. The Labute approximate surface area is 142 Å². The molecule has 0 unspecified atom stereocenters. The number of hydrogen-bond donors (Lipinski definition) is 0. The van der Waals surface area contributed by atoms with Crippen molar-refractivity contribution in [1.29, 1.82) is 0 Å². The fourth-order valence-corrected chi connectivity index (χ4v) is 4.17. The number of likely N-dealkylation sites (tertiary alicyclic amines) is 1. The van der Waals surface area contributed by atoms with Gasteiger partial charge in [-0.3, -0.25) is 9.78 Å². The Hall–Kier alpha value is -1.53. The van der Waals surface area contributed by atoms with E-state index in [4.69, 9.17) is 9.47 Å². The van der Waals surface area contributed by atoms with E-state index in [1.807, 2.05) is 4.90 Å². The van der Waals surface area contributed by atoms with Crippen molar-refractivity contribution in [1.82, 2.24) is 14.9 Å². The summed E-state index contributed by atoms with van der Waals surface area (Å²) in [5, 5.41) is 0. The summed E-state index contributed by atoms with van der Waals surface area (Å²) >= 11 is 0. The highest BCUT2D eigenvalue weighted by atomic mass is 16.5. The van der Waals surface area contributed by atoms with Crippen LogP contribution in [0.1, 0.15) is 49.0 Å². The molecule has 1 amide bonds. The molecule has 0 bridgehead atoms. The molecule has 0 radical (unpaired) electrons. The summed E-state index contributed by atoms with van der Waals surface area (Å²) in [5.41, 5.74) is 0.183. The number of hydrogen-bond acceptors (Lipinski definition) is 5. The molecule has 24 heavy (non-hydrogen) atoms. The number of carbonyl (C=O) groups is 1. The first-order chi connectivity index (χ1) is 11.7. The van der Waals surface area contributed by atoms with E-state index in [1.165, 1.54) is 12.8 Å². The number of carbonyl (C=O) groups excluding carboxylic acids is 1. The van der Waals surface area contributed by atoms with Gasteiger partial charge in [0.15, 0.2) is 0 Å². The van der Waals surface area contributed by atoms with E-state index in [9.17, 15) is 4.79 Å². The molecule has 1 aromatic rings. The monoisotopic (exact) mass is 331 g/mol. The van der Waals surface area contributed by atoms with E-state index in [-0.39, 0.29) is 23.7 Å². The summed E-state index contributed by atoms with van der Waals surface area (Å²) in [6.45, 7) is 1.58. The zero-order valence-corrected chi connectivity index (χ0v) is 14.2. The fourth-order valence-electron chi connectivity index (χ4n) is 4.17. The predicted molar refractivity (Wildman–Crippen MR) is 87.5 cm³/mol. The molecule has 3 atom stereocenters. The number of methoxy groups -OCH3 is 1. The van der Waals surface area contributed by atoms with Crippen molar-refractivity contribution in [2.45, 2.75) is 56.3 Å². The van der Waals surface area contributed by atoms with Crippen LogP contribution < -0.4 is 0 Å². The van der Waals surface area contributed by atoms with Crippen molar-refractivity contribution in [3.63, 3.8) is 0 Å². The van der Waals surface area contributed by atoms with Gasteiger partial charge in [0.2, 0.25) is 0 Å². The quantitative estimate of drug-likeness (QED) is 0.826.